The number of hydrogen-bond acceptors (Lipinski definition) is 11. The lowest BCUT2D eigenvalue weighted by atomic mass is 9.57. The topological polar surface area (TPSA) is 203 Å². The molecule has 0 aliphatic heterocycles. The molecule has 1 fully saturated rings. The molecule has 0 heterocycles. The van der Waals surface area contributed by atoms with E-state index in [1.165, 1.54) is 38.2 Å². The Morgan fingerprint density at radius 1 is 1.07 bits per heavy atom. The van der Waals surface area contributed by atoms with Gasteiger partial charge in [0.15, 0.2) is 11.4 Å². The minimum Gasteiger partial charge on any atom is -0.508 e. The van der Waals surface area contributed by atoms with E-state index in [9.17, 15) is 39.6 Å². The van der Waals surface area contributed by atoms with E-state index in [4.69, 9.17) is 10.5 Å². The van der Waals surface area contributed by atoms with Crippen molar-refractivity contribution in [1.29, 1.82) is 0 Å². The van der Waals surface area contributed by atoms with Crippen molar-refractivity contribution in [2.75, 3.05) is 45.5 Å². The molecule has 0 bridgehead atoms. The molecule has 3 aliphatic carbocycles. The summed E-state index contributed by atoms with van der Waals surface area (Å²) in [7, 11) is 8.04. The van der Waals surface area contributed by atoms with Crippen LogP contribution < -0.4 is 20.7 Å². The van der Waals surface area contributed by atoms with E-state index in [1.807, 2.05) is 0 Å². The Kier molecular flexibility index (Phi) is 7.42. The molecule has 13 nitrogen and oxygen atoms in total. The lowest BCUT2D eigenvalue weighted by Gasteiger charge is -2.50. The molecule has 4 atom stereocenters. The van der Waals surface area contributed by atoms with E-state index in [1.54, 1.807) is 37.2 Å². The molecule has 0 spiro atoms. The van der Waals surface area contributed by atoms with E-state index < -0.39 is 69.7 Å². The Morgan fingerprint density at radius 3 is 2.25 bits per heavy atom. The summed E-state index contributed by atoms with van der Waals surface area (Å²) >= 11 is 0. The fourth-order valence-corrected chi connectivity index (χ4v) is 6.72. The number of fused-ring (bicyclic) bond motifs is 3. The van der Waals surface area contributed by atoms with Crippen molar-refractivity contribution in [3.05, 3.63) is 63.9 Å². The predicted molar refractivity (Wildman–Crippen MR) is 160 cm³/mol. The van der Waals surface area contributed by atoms with Gasteiger partial charge in [-0.3, -0.25) is 24.1 Å². The highest BCUT2D eigenvalue weighted by molar-refractivity contribution is 6.24. The number of carbonyl (C=O) groups excluding carboxylic acids is 4. The average Bonchev–Trinajstić information content (AvgIpc) is 2.95. The number of phenolic OH excluding ortho intramolecular Hbond substituents is 1. The Bertz CT molecular complexity index is 1680. The summed E-state index contributed by atoms with van der Waals surface area (Å²) in [5, 5.41) is 48.5. The fraction of sp³-hybridized carbons (Fsp3) is 0.355. The van der Waals surface area contributed by atoms with Crippen molar-refractivity contribution >= 4 is 40.5 Å². The molecule has 3 aliphatic rings. The summed E-state index contributed by atoms with van der Waals surface area (Å²) in [6, 6.07) is 6.65. The number of amides is 2. The SMILES string of the molecule is COc1ccc(C(=O)Nc2cc(N(C)C)c3c(c2O)C(O)=C2C(=O)C4(O)C(O)=C(C(N)=O)C(=O)[C@@H](N(C)C)C4CC2C3)cc1. The van der Waals surface area contributed by atoms with Gasteiger partial charge in [0.25, 0.3) is 11.8 Å². The van der Waals surface area contributed by atoms with Crippen LogP contribution >= 0.6 is 0 Å². The zero-order chi connectivity index (χ0) is 32.4. The molecule has 2 amide bonds. The molecule has 7 N–H and O–H groups in total. The first kappa shape index (κ1) is 30.6. The van der Waals surface area contributed by atoms with E-state index in [-0.39, 0.29) is 35.2 Å². The first-order chi connectivity index (χ1) is 20.6. The number of ketones is 2. The summed E-state index contributed by atoms with van der Waals surface area (Å²) in [6.45, 7) is 0. The predicted octanol–water partition coefficient (Wildman–Crippen LogP) is 1.29. The lowest BCUT2D eigenvalue weighted by molar-refractivity contribution is -0.153. The summed E-state index contributed by atoms with van der Waals surface area (Å²) in [5.41, 5.74) is 2.57. The summed E-state index contributed by atoms with van der Waals surface area (Å²) in [5.74, 6) is -7.49. The van der Waals surface area contributed by atoms with Gasteiger partial charge < -0.3 is 41.1 Å². The summed E-state index contributed by atoms with van der Waals surface area (Å²) in [4.78, 5) is 55.8. The van der Waals surface area contributed by atoms with Crippen LogP contribution in [-0.2, 0) is 20.8 Å². The summed E-state index contributed by atoms with van der Waals surface area (Å²) in [6.07, 6.45) is 0.0810. The number of primary amides is 1. The molecule has 0 saturated heterocycles. The maximum Gasteiger partial charge on any atom is 0.255 e. The molecule has 2 aromatic rings. The maximum atomic E-state index is 14.1. The number of benzene rings is 2. The minimum atomic E-state index is -2.75. The Hall–Kier alpha value is -4.88. The Balaban J connectivity index is 1.66. The number of aromatic hydroxyl groups is 1. The van der Waals surface area contributed by atoms with Gasteiger partial charge in [-0.1, -0.05) is 0 Å². The highest BCUT2D eigenvalue weighted by Crippen LogP contribution is 2.54. The third-order valence-corrected chi connectivity index (χ3v) is 8.78. The smallest absolute Gasteiger partial charge is 0.255 e. The second-order valence-corrected chi connectivity index (χ2v) is 11.7. The number of hydrogen-bond donors (Lipinski definition) is 6. The molecule has 0 radical (unpaired) electrons. The van der Waals surface area contributed by atoms with Crippen LogP contribution in [0.15, 0.2) is 47.2 Å². The quantitative estimate of drug-likeness (QED) is 0.204. The maximum absolute atomic E-state index is 14.1. The van der Waals surface area contributed by atoms with Crippen molar-refractivity contribution in [2.45, 2.75) is 24.5 Å². The number of ether oxygens (including phenoxy) is 1. The van der Waals surface area contributed by atoms with Gasteiger partial charge in [-0.05, 0) is 68.8 Å². The van der Waals surface area contributed by atoms with Crippen LogP contribution in [-0.4, -0.2) is 95.7 Å². The van der Waals surface area contributed by atoms with Crippen molar-refractivity contribution < 1.29 is 44.3 Å². The van der Waals surface area contributed by atoms with Crippen LogP contribution in [0, 0.1) is 11.8 Å². The molecule has 0 aromatic heterocycles. The van der Waals surface area contributed by atoms with Crippen molar-refractivity contribution in [3.8, 4) is 11.5 Å². The molecule has 13 heteroatoms. The number of anilines is 2. The zero-order valence-corrected chi connectivity index (χ0v) is 24.8. The normalized spacial score (nSPS) is 24.5. The van der Waals surface area contributed by atoms with Gasteiger partial charge in [-0.15, -0.1) is 0 Å². The number of aliphatic hydroxyl groups excluding tert-OH is 2. The number of nitrogens with one attached hydrogen (secondary N) is 1. The van der Waals surface area contributed by atoms with Crippen LogP contribution in [0.3, 0.4) is 0 Å². The number of methoxy groups -OCH3 is 1. The summed E-state index contributed by atoms with van der Waals surface area (Å²) < 4.78 is 5.13. The van der Waals surface area contributed by atoms with Gasteiger partial charge in [0, 0.05) is 36.8 Å². The number of aliphatic hydroxyl groups is 3. The molecule has 5 rings (SSSR count). The Morgan fingerprint density at radius 2 is 1.70 bits per heavy atom. The second-order valence-electron chi connectivity index (χ2n) is 11.7. The number of phenols is 1. The first-order valence-electron chi connectivity index (χ1n) is 13.8. The van der Waals surface area contributed by atoms with Gasteiger partial charge in [-0.2, -0.15) is 0 Å². The van der Waals surface area contributed by atoms with E-state index in [0.29, 0.717) is 17.0 Å². The molecule has 232 valence electrons. The minimum absolute atomic E-state index is 0.0324. The number of nitrogens with two attached hydrogens (primary N) is 1. The molecular weight excluding hydrogens is 572 g/mol. The van der Waals surface area contributed by atoms with Crippen LogP contribution in [0.2, 0.25) is 0 Å². The van der Waals surface area contributed by atoms with Gasteiger partial charge in [0.1, 0.15) is 28.6 Å². The van der Waals surface area contributed by atoms with Gasteiger partial charge >= 0.3 is 0 Å². The second kappa shape index (κ2) is 10.7. The van der Waals surface area contributed by atoms with E-state index in [0.717, 1.165) is 0 Å². The highest BCUT2D eigenvalue weighted by atomic mass is 16.5. The number of nitrogens with zero attached hydrogens (tertiary/aromatic N) is 2. The third kappa shape index (κ3) is 4.38. The molecule has 44 heavy (non-hydrogen) atoms. The van der Waals surface area contributed by atoms with Gasteiger partial charge in [-0.25, -0.2) is 0 Å². The van der Waals surface area contributed by atoms with Crippen molar-refractivity contribution in [2.24, 2.45) is 17.6 Å². The lowest BCUT2D eigenvalue weighted by Crippen LogP contribution is -2.65. The monoisotopic (exact) mass is 606 g/mol. The molecule has 2 aromatic carbocycles. The molecule has 1 saturated carbocycles. The fourth-order valence-electron chi connectivity index (χ4n) is 6.72. The third-order valence-electron chi connectivity index (χ3n) is 8.78. The first-order valence-corrected chi connectivity index (χ1v) is 13.8. The number of likely N-dealkylation sites (N-methyl/N-ethyl adjacent to an activating group) is 1. The standard InChI is InChI=1S/C31H34N4O9/c1-34(2)19-12-18(33-30(42)13-6-8-15(44-5)9-7-13)24(36)21-16(19)10-14-11-17-23(35(3)4)26(38)22(29(32)41)28(40)31(17,43)27(39)20(14)25(21)37/h6-9,12,14,17,23,36-37,40,43H,10-11H2,1-5H3,(H2,32,41)(H,33,42)/t14?,17?,23-,31?/m0/s1. The highest BCUT2D eigenvalue weighted by Gasteiger charge is 2.64. The van der Waals surface area contributed by atoms with Crippen LogP contribution in [0.5, 0.6) is 11.5 Å². The zero-order valence-electron chi connectivity index (χ0n) is 24.8. The van der Waals surface area contributed by atoms with Crippen molar-refractivity contribution in [3.63, 3.8) is 0 Å². The molecule has 3 unspecified atom stereocenters. The largest absolute Gasteiger partial charge is 0.508 e. The molecular formula is C31H34N4O9. The van der Waals surface area contributed by atoms with E-state index >= 15 is 0 Å². The number of carbonyl (C=O) groups is 4. The average molecular weight is 607 g/mol. The number of rotatable bonds is 6. The van der Waals surface area contributed by atoms with Crippen LogP contribution in [0.25, 0.3) is 5.76 Å². The van der Waals surface area contributed by atoms with Crippen molar-refractivity contribution in [1.82, 2.24) is 4.90 Å². The van der Waals surface area contributed by atoms with Crippen LogP contribution in [0.4, 0.5) is 11.4 Å². The van der Waals surface area contributed by atoms with E-state index in [2.05, 4.69) is 5.32 Å². The Labute approximate surface area is 252 Å². The number of Topliss-reactive ketones (excluding diaryl/α,β-unsaturated/α-hetero) is 2. The van der Waals surface area contributed by atoms with Crippen LogP contribution in [0.1, 0.15) is 27.9 Å². The van der Waals surface area contributed by atoms with Gasteiger partial charge in [0.05, 0.1) is 24.4 Å². The van der Waals surface area contributed by atoms with Gasteiger partial charge in [0.2, 0.25) is 5.78 Å².